The SMILES string of the molecule is O=C1C[C@]2(C(=O)OCc3ccccc3)OC[C@]3(O)C(=O)c4ccccc4C(=O)[C@]32O1. The molecule has 2 heterocycles. The fourth-order valence-electron chi connectivity index (χ4n) is 4.57. The Kier molecular flexibility index (Phi) is 3.77. The van der Waals surface area contributed by atoms with Gasteiger partial charge in [0.2, 0.25) is 22.8 Å². The van der Waals surface area contributed by atoms with Crippen LogP contribution in [0.3, 0.4) is 0 Å². The van der Waals surface area contributed by atoms with Crippen molar-refractivity contribution in [2.45, 2.75) is 29.8 Å². The lowest BCUT2D eigenvalue weighted by molar-refractivity contribution is -0.179. The average molecular weight is 408 g/mol. The molecule has 1 N–H and O–H groups in total. The average Bonchev–Trinajstić information content (AvgIpc) is 3.21. The van der Waals surface area contributed by atoms with Crippen LogP contribution in [0.25, 0.3) is 0 Å². The fraction of sp³-hybridized carbons (Fsp3) is 0.273. The highest BCUT2D eigenvalue weighted by molar-refractivity contribution is 6.26. The normalized spacial score (nSPS) is 31.6. The molecule has 1 spiro atoms. The summed E-state index contributed by atoms with van der Waals surface area (Å²) in [5.74, 6) is -3.69. The van der Waals surface area contributed by atoms with E-state index < -0.39 is 53.3 Å². The molecule has 3 atom stereocenters. The molecule has 3 aliphatic rings. The highest BCUT2D eigenvalue weighted by Gasteiger charge is 2.86. The van der Waals surface area contributed by atoms with Crippen molar-refractivity contribution in [2.24, 2.45) is 0 Å². The van der Waals surface area contributed by atoms with Gasteiger partial charge >= 0.3 is 11.9 Å². The van der Waals surface area contributed by atoms with Crippen molar-refractivity contribution < 1.29 is 38.5 Å². The number of benzene rings is 2. The Balaban J connectivity index is 1.61. The van der Waals surface area contributed by atoms with Gasteiger partial charge < -0.3 is 19.3 Å². The maximum Gasteiger partial charge on any atom is 0.344 e. The van der Waals surface area contributed by atoms with Gasteiger partial charge in [-0.25, -0.2) is 4.79 Å². The number of ketones is 2. The maximum atomic E-state index is 13.5. The van der Waals surface area contributed by atoms with Crippen molar-refractivity contribution in [1.82, 2.24) is 0 Å². The van der Waals surface area contributed by atoms with Crippen LogP contribution < -0.4 is 0 Å². The molecule has 30 heavy (non-hydrogen) atoms. The summed E-state index contributed by atoms with van der Waals surface area (Å²) in [7, 11) is 0. The summed E-state index contributed by atoms with van der Waals surface area (Å²) in [6, 6.07) is 14.6. The molecular formula is C22H16O8. The number of rotatable bonds is 3. The van der Waals surface area contributed by atoms with Crippen LogP contribution in [0.1, 0.15) is 32.7 Å². The highest BCUT2D eigenvalue weighted by atomic mass is 16.7. The number of hydrogen-bond acceptors (Lipinski definition) is 8. The summed E-state index contributed by atoms with van der Waals surface area (Å²) in [6.07, 6.45) is -0.649. The molecule has 8 nitrogen and oxygen atoms in total. The molecular weight excluding hydrogens is 392 g/mol. The lowest BCUT2D eigenvalue weighted by Gasteiger charge is -2.42. The number of aliphatic hydroxyl groups is 1. The number of carbonyl (C=O) groups is 4. The number of carbonyl (C=O) groups excluding carboxylic acids is 4. The first kappa shape index (κ1) is 18.7. The van der Waals surface area contributed by atoms with Crippen molar-refractivity contribution in [3.63, 3.8) is 0 Å². The lowest BCUT2D eigenvalue weighted by atomic mass is 9.62. The third kappa shape index (κ3) is 2.07. The zero-order valence-corrected chi connectivity index (χ0v) is 15.6. The molecule has 0 unspecified atom stereocenters. The highest BCUT2D eigenvalue weighted by Crippen LogP contribution is 2.57. The van der Waals surface area contributed by atoms with Crippen molar-refractivity contribution in [3.05, 3.63) is 71.3 Å². The van der Waals surface area contributed by atoms with Gasteiger partial charge in [0.15, 0.2) is 0 Å². The topological polar surface area (TPSA) is 116 Å². The Morgan fingerprint density at radius 1 is 0.967 bits per heavy atom. The second-order valence-electron chi connectivity index (χ2n) is 7.57. The van der Waals surface area contributed by atoms with Gasteiger partial charge in [-0.15, -0.1) is 0 Å². The van der Waals surface area contributed by atoms with Crippen LogP contribution in [0, 0.1) is 0 Å². The zero-order valence-electron chi connectivity index (χ0n) is 15.6. The van der Waals surface area contributed by atoms with Gasteiger partial charge in [0.25, 0.3) is 5.60 Å². The quantitative estimate of drug-likeness (QED) is 0.748. The second-order valence-corrected chi connectivity index (χ2v) is 7.57. The molecule has 0 bridgehead atoms. The summed E-state index contributed by atoms with van der Waals surface area (Å²) in [5, 5.41) is 11.3. The van der Waals surface area contributed by atoms with Crippen molar-refractivity contribution in [2.75, 3.05) is 6.61 Å². The second kappa shape index (κ2) is 6.07. The van der Waals surface area contributed by atoms with E-state index in [4.69, 9.17) is 14.2 Å². The molecule has 0 radical (unpaired) electrons. The van der Waals surface area contributed by atoms with Gasteiger partial charge in [-0.3, -0.25) is 14.4 Å². The molecule has 2 aromatic rings. The van der Waals surface area contributed by atoms with Crippen LogP contribution in [0.2, 0.25) is 0 Å². The molecule has 0 aromatic heterocycles. The van der Waals surface area contributed by atoms with E-state index in [2.05, 4.69) is 0 Å². The number of Topliss-reactive ketones (excluding diaryl/α,β-unsaturated/α-hetero) is 2. The fourth-order valence-corrected chi connectivity index (χ4v) is 4.57. The van der Waals surface area contributed by atoms with Crippen molar-refractivity contribution in [3.8, 4) is 0 Å². The summed E-state index contributed by atoms with van der Waals surface area (Å²) >= 11 is 0. The van der Waals surface area contributed by atoms with Crippen LogP contribution in [0.15, 0.2) is 54.6 Å². The van der Waals surface area contributed by atoms with Crippen LogP contribution >= 0.6 is 0 Å². The monoisotopic (exact) mass is 408 g/mol. The first-order valence-electron chi connectivity index (χ1n) is 9.34. The Morgan fingerprint density at radius 3 is 2.30 bits per heavy atom. The molecule has 5 rings (SSSR count). The van der Waals surface area contributed by atoms with Crippen molar-refractivity contribution in [1.29, 1.82) is 0 Å². The van der Waals surface area contributed by atoms with E-state index in [-0.39, 0.29) is 17.7 Å². The number of ether oxygens (including phenoxy) is 3. The molecule has 1 aliphatic carbocycles. The van der Waals surface area contributed by atoms with Gasteiger partial charge in [-0.2, -0.15) is 0 Å². The maximum absolute atomic E-state index is 13.5. The first-order chi connectivity index (χ1) is 14.4. The zero-order chi connectivity index (χ0) is 21.1. The van der Waals surface area contributed by atoms with Crippen molar-refractivity contribution >= 4 is 23.5 Å². The Labute approximate surface area is 170 Å². The molecule has 152 valence electrons. The minimum atomic E-state index is -2.53. The summed E-state index contributed by atoms with van der Waals surface area (Å²) in [6.45, 7) is -0.828. The standard InChI is InChI=1S/C22H16O8/c23-16-10-21(19(26)28-11-13-6-2-1-3-7-13)22(30-16)18(25)15-9-5-4-8-14(15)17(24)20(22,27)12-29-21/h1-9,27H,10-12H2/t20-,21+,22-/m0/s1. The van der Waals surface area contributed by atoms with Crippen LogP contribution in [-0.2, 0) is 30.4 Å². The van der Waals surface area contributed by atoms with Gasteiger partial charge in [-0.05, 0) is 5.56 Å². The smallest absolute Gasteiger partial charge is 0.344 e. The van der Waals surface area contributed by atoms with E-state index in [0.717, 1.165) is 0 Å². The molecule has 8 heteroatoms. The number of fused-ring (bicyclic) bond motifs is 1. The predicted octanol–water partition coefficient (Wildman–Crippen LogP) is 0.995. The van der Waals surface area contributed by atoms with Gasteiger partial charge in [-0.1, -0.05) is 54.6 Å². The van der Waals surface area contributed by atoms with E-state index in [1.54, 1.807) is 36.4 Å². The van der Waals surface area contributed by atoms with E-state index in [9.17, 15) is 24.3 Å². The van der Waals surface area contributed by atoms with Crippen LogP contribution in [0.5, 0.6) is 0 Å². The minimum absolute atomic E-state index is 0.0179. The van der Waals surface area contributed by atoms with E-state index >= 15 is 0 Å². The molecule has 2 aromatic carbocycles. The predicted molar refractivity (Wildman–Crippen MR) is 98.4 cm³/mol. The molecule has 0 amide bonds. The van der Waals surface area contributed by atoms with Gasteiger partial charge in [0.1, 0.15) is 6.61 Å². The third-order valence-corrected chi connectivity index (χ3v) is 5.99. The van der Waals surface area contributed by atoms with E-state index in [1.165, 1.54) is 18.2 Å². The molecule has 0 saturated carbocycles. The third-order valence-electron chi connectivity index (χ3n) is 5.99. The Bertz CT molecular complexity index is 1110. The van der Waals surface area contributed by atoms with Gasteiger partial charge in [0, 0.05) is 11.1 Å². The molecule has 2 saturated heterocycles. The van der Waals surface area contributed by atoms with E-state index in [1.807, 2.05) is 0 Å². The Hall–Kier alpha value is -3.36. The lowest BCUT2D eigenvalue weighted by Crippen LogP contribution is -2.72. The minimum Gasteiger partial charge on any atom is -0.459 e. The van der Waals surface area contributed by atoms with E-state index in [0.29, 0.717) is 5.56 Å². The van der Waals surface area contributed by atoms with Crippen LogP contribution in [-0.4, -0.2) is 52.0 Å². The number of hydrogen-bond donors (Lipinski definition) is 1. The number of esters is 2. The molecule has 2 fully saturated rings. The first-order valence-corrected chi connectivity index (χ1v) is 9.34. The summed E-state index contributed by atoms with van der Waals surface area (Å²) in [4.78, 5) is 52.1. The Morgan fingerprint density at radius 2 is 1.60 bits per heavy atom. The molecule has 2 aliphatic heterocycles. The van der Waals surface area contributed by atoms with Gasteiger partial charge in [0.05, 0.1) is 13.0 Å². The largest absolute Gasteiger partial charge is 0.459 e. The summed E-state index contributed by atoms with van der Waals surface area (Å²) < 4.78 is 16.3. The summed E-state index contributed by atoms with van der Waals surface area (Å²) in [5.41, 5.74) is -6.71. The van der Waals surface area contributed by atoms with Crippen LogP contribution in [0.4, 0.5) is 0 Å².